The van der Waals surface area contributed by atoms with Crippen molar-refractivity contribution in [2.24, 2.45) is 0 Å². The number of hydrogen-bond donors (Lipinski definition) is 0. The lowest BCUT2D eigenvalue weighted by molar-refractivity contribution is 0.787. The normalized spacial score (nSPS) is 13.8. The summed E-state index contributed by atoms with van der Waals surface area (Å²) in [4.78, 5) is 2.49. The van der Waals surface area contributed by atoms with E-state index in [4.69, 9.17) is 0 Å². The quantitative estimate of drug-likeness (QED) is 0.150. The standard InChI is InChI=1S/C58H42N2/c1-2-14-41(15-3-1)42-28-34-48(35-29-42)59(50-38-32-45(33-39-50)52-24-13-17-44-16-4-5-20-51(44)52)49-36-30-43(31-37-49)46-18-12-19-47(40-46)53-21-6-9-25-56(53)60-57-26-10-7-22-54(57)55-23-8-11-27-58(55)60/h1-36,38-40,49H,37H2. The summed E-state index contributed by atoms with van der Waals surface area (Å²) in [5.74, 6) is 0. The highest BCUT2D eigenvalue weighted by Gasteiger charge is 2.22. The molecule has 0 saturated heterocycles. The van der Waals surface area contributed by atoms with Crippen molar-refractivity contribution in [2.75, 3.05) is 4.90 Å². The summed E-state index contributed by atoms with van der Waals surface area (Å²) in [6.45, 7) is 0. The maximum absolute atomic E-state index is 2.49. The topological polar surface area (TPSA) is 8.17 Å². The van der Waals surface area contributed by atoms with Crippen LogP contribution >= 0.6 is 0 Å². The SMILES string of the molecule is C1=CC(N(c2ccc(-c3ccccc3)cc2)c2ccc(-c3cccc4ccccc34)cc2)CC=C1c1cccc(-c2ccccc2-n2c3ccccc3c3ccccc32)c1. The minimum absolute atomic E-state index is 0.138. The van der Waals surface area contributed by atoms with Gasteiger partial charge in [-0.15, -0.1) is 0 Å². The van der Waals surface area contributed by atoms with Crippen LogP contribution in [0.4, 0.5) is 11.4 Å². The molecule has 1 aromatic heterocycles. The van der Waals surface area contributed by atoms with Crippen LogP contribution in [0.5, 0.6) is 0 Å². The summed E-state index contributed by atoms with van der Waals surface area (Å²) >= 11 is 0. The van der Waals surface area contributed by atoms with E-state index in [1.165, 1.54) is 94.2 Å². The van der Waals surface area contributed by atoms with Gasteiger partial charge in [-0.3, -0.25) is 0 Å². The molecule has 0 aliphatic heterocycles. The second-order valence-electron chi connectivity index (χ2n) is 15.6. The van der Waals surface area contributed by atoms with E-state index >= 15 is 0 Å². The summed E-state index contributed by atoms with van der Waals surface area (Å²) < 4.78 is 2.42. The van der Waals surface area contributed by atoms with Gasteiger partial charge in [0.25, 0.3) is 0 Å². The van der Waals surface area contributed by atoms with E-state index in [-0.39, 0.29) is 6.04 Å². The Hall–Kier alpha value is -7.68. The van der Waals surface area contributed by atoms with Gasteiger partial charge in [0.15, 0.2) is 0 Å². The monoisotopic (exact) mass is 766 g/mol. The molecule has 9 aromatic carbocycles. The molecule has 0 spiro atoms. The highest BCUT2D eigenvalue weighted by molar-refractivity contribution is 6.09. The van der Waals surface area contributed by atoms with Crippen LogP contribution in [-0.4, -0.2) is 10.6 Å². The van der Waals surface area contributed by atoms with E-state index < -0.39 is 0 Å². The van der Waals surface area contributed by atoms with E-state index in [0.717, 1.165) is 6.42 Å². The number of anilines is 2. The fourth-order valence-electron chi connectivity index (χ4n) is 9.23. The first-order chi connectivity index (χ1) is 29.8. The molecule has 2 heteroatoms. The number of nitrogens with zero attached hydrogens (tertiary/aromatic N) is 2. The van der Waals surface area contributed by atoms with Crippen LogP contribution in [0, 0.1) is 0 Å². The molecule has 0 radical (unpaired) electrons. The molecule has 0 saturated carbocycles. The number of benzene rings is 9. The molecule has 0 fully saturated rings. The largest absolute Gasteiger partial charge is 0.334 e. The van der Waals surface area contributed by atoms with E-state index in [2.05, 4.69) is 246 Å². The van der Waals surface area contributed by atoms with Crippen molar-refractivity contribution in [1.82, 2.24) is 4.57 Å². The molecular weight excluding hydrogens is 725 g/mol. The van der Waals surface area contributed by atoms with Gasteiger partial charge in [-0.05, 0) is 105 Å². The van der Waals surface area contributed by atoms with Crippen LogP contribution in [0.25, 0.3) is 77.2 Å². The molecule has 1 unspecified atom stereocenters. The third-order valence-corrected chi connectivity index (χ3v) is 12.1. The lowest BCUT2D eigenvalue weighted by Gasteiger charge is -2.33. The van der Waals surface area contributed by atoms with Gasteiger partial charge >= 0.3 is 0 Å². The maximum atomic E-state index is 2.49. The summed E-state index contributed by atoms with van der Waals surface area (Å²) in [5.41, 5.74) is 15.7. The first kappa shape index (κ1) is 35.5. The Morgan fingerprint density at radius 2 is 0.933 bits per heavy atom. The molecule has 1 atom stereocenters. The van der Waals surface area contributed by atoms with Crippen molar-refractivity contribution in [3.8, 4) is 39.1 Å². The first-order valence-corrected chi connectivity index (χ1v) is 20.9. The Morgan fingerprint density at radius 1 is 0.400 bits per heavy atom. The van der Waals surface area contributed by atoms with Crippen LogP contribution in [-0.2, 0) is 0 Å². The van der Waals surface area contributed by atoms with Crippen LogP contribution < -0.4 is 4.90 Å². The van der Waals surface area contributed by atoms with Gasteiger partial charge in [-0.2, -0.15) is 0 Å². The third kappa shape index (κ3) is 6.40. The van der Waals surface area contributed by atoms with Crippen molar-refractivity contribution in [1.29, 1.82) is 0 Å². The number of hydrogen-bond acceptors (Lipinski definition) is 1. The lowest BCUT2D eigenvalue weighted by atomic mass is 9.93. The fraction of sp³-hybridized carbons (Fsp3) is 0.0345. The van der Waals surface area contributed by atoms with Crippen molar-refractivity contribution in [3.05, 3.63) is 242 Å². The zero-order chi connectivity index (χ0) is 39.8. The van der Waals surface area contributed by atoms with Gasteiger partial charge in [0.1, 0.15) is 0 Å². The molecule has 1 heterocycles. The maximum Gasteiger partial charge on any atom is 0.0560 e. The van der Waals surface area contributed by atoms with Gasteiger partial charge < -0.3 is 9.47 Å². The summed E-state index contributed by atoms with van der Waals surface area (Å²) in [6, 6.07) is 79.5. The zero-order valence-electron chi connectivity index (χ0n) is 33.2. The zero-order valence-corrected chi connectivity index (χ0v) is 33.2. The second-order valence-corrected chi connectivity index (χ2v) is 15.6. The Bertz CT molecular complexity index is 3160. The van der Waals surface area contributed by atoms with Gasteiger partial charge in [0, 0.05) is 27.7 Å². The summed E-state index contributed by atoms with van der Waals surface area (Å²) in [5, 5.41) is 5.07. The van der Waals surface area contributed by atoms with Gasteiger partial charge in [0.05, 0.1) is 22.8 Å². The predicted octanol–water partition coefficient (Wildman–Crippen LogP) is 15.5. The van der Waals surface area contributed by atoms with E-state index in [1.807, 2.05) is 0 Å². The Morgan fingerprint density at radius 3 is 1.65 bits per heavy atom. The predicted molar refractivity (Wildman–Crippen MR) is 255 cm³/mol. The molecule has 60 heavy (non-hydrogen) atoms. The minimum atomic E-state index is 0.138. The van der Waals surface area contributed by atoms with Crippen molar-refractivity contribution in [2.45, 2.75) is 12.5 Å². The van der Waals surface area contributed by atoms with Gasteiger partial charge in [-0.1, -0.05) is 188 Å². The molecular formula is C58H42N2. The fourth-order valence-corrected chi connectivity index (χ4v) is 9.23. The molecule has 1 aliphatic carbocycles. The average Bonchev–Trinajstić information content (AvgIpc) is 3.67. The Balaban J connectivity index is 0.928. The van der Waals surface area contributed by atoms with Crippen LogP contribution in [0.2, 0.25) is 0 Å². The van der Waals surface area contributed by atoms with Crippen molar-refractivity contribution in [3.63, 3.8) is 0 Å². The minimum Gasteiger partial charge on any atom is -0.334 e. The number of allylic oxidation sites excluding steroid dienone is 2. The second kappa shape index (κ2) is 15.2. The molecule has 2 nitrogen and oxygen atoms in total. The Labute approximate surface area is 351 Å². The smallest absolute Gasteiger partial charge is 0.0560 e. The molecule has 0 bridgehead atoms. The molecule has 10 aromatic rings. The lowest BCUT2D eigenvalue weighted by Crippen LogP contribution is -2.30. The van der Waals surface area contributed by atoms with Gasteiger partial charge in [0.2, 0.25) is 0 Å². The highest BCUT2D eigenvalue weighted by Crippen LogP contribution is 2.39. The third-order valence-electron chi connectivity index (χ3n) is 12.1. The average molecular weight is 767 g/mol. The molecule has 284 valence electrons. The van der Waals surface area contributed by atoms with Crippen molar-refractivity contribution >= 4 is 49.5 Å². The number of para-hydroxylation sites is 3. The highest BCUT2D eigenvalue weighted by atomic mass is 15.2. The van der Waals surface area contributed by atoms with Crippen molar-refractivity contribution < 1.29 is 0 Å². The van der Waals surface area contributed by atoms with E-state index in [0.29, 0.717) is 0 Å². The van der Waals surface area contributed by atoms with Crippen LogP contribution in [0.15, 0.2) is 237 Å². The van der Waals surface area contributed by atoms with E-state index in [9.17, 15) is 0 Å². The van der Waals surface area contributed by atoms with E-state index in [1.54, 1.807) is 0 Å². The van der Waals surface area contributed by atoms with Crippen LogP contribution in [0.1, 0.15) is 12.0 Å². The molecule has 11 rings (SSSR count). The number of aromatic nitrogens is 1. The number of rotatable bonds is 8. The molecule has 1 aliphatic rings. The van der Waals surface area contributed by atoms with Crippen LogP contribution in [0.3, 0.4) is 0 Å². The molecule has 0 amide bonds. The number of fused-ring (bicyclic) bond motifs is 4. The first-order valence-electron chi connectivity index (χ1n) is 20.9. The molecule has 0 N–H and O–H groups in total. The summed E-state index contributed by atoms with van der Waals surface area (Å²) in [6.07, 6.45) is 8.00. The Kier molecular flexibility index (Phi) is 9.02. The van der Waals surface area contributed by atoms with Gasteiger partial charge in [-0.25, -0.2) is 0 Å². The summed E-state index contributed by atoms with van der Waals surface area (Å²) in [7, 11) is 0.